The van der Waals surface area contributed by atoms with Gasteiger partial charge in [-0.05, 0) is 48.0 Å². The zero-order valence-corrected chi connectivity index (χ0v) is 11.2. The summed E-state index contributed by atoms with van der Waals surface area (Å²) in [7, 11) is 0. The second-order valence-corrected chi connectivity index (χ2v) is 5.45. The van der Waals surface area contributed by atoms with Crippen LogP contribution in [0.4, 0.5) is 0 Å². The van der Waals surface area contributed by atoms with Gasteiger partial charge in [-0.3, -0.25) is 0 Å². The normalized spacial score (nSPS) is 11.5. The summed E-state index contributed by atoms with van der Waals surface area (Å²) in [6.07, 6.45) is 0. The zero-order chi connectivity index (χ0) is 10.8. The topological polar surface area (TPSA) is 29.5 Å². The molecule has 0 heterocycles. The monoisotopic (exact) mass is 322 g/mol. The van der Waals surface area contributed by atoms with Crippen molar-refractivity contribution in [1.29, 1.82) is 0 Å². The summed E-state index contributed by atoms with van der Waals surface area (Å²) in [6.45, 7) is 3.69. The molecule has 0 spiro atoms. The molecule has 1 rings (SSSR count). The van der Waals surface area contributed by atoms with Crippen molar-refractivity contribution in [2.75, 3.05) is 6.61 Å². The van der Waals surface area contributed by atoms with Crippen molar-refractivity contribution < 1.29 is 9.84 Å². The summed E-state index contributed by atoms with van der Waals surface area (Å²) in [5, 5.41) is 9.47. The molecule has 0 saturated heterocycles. The van der Waals surface area contributed by atoms with E-state index in [2.05, 4.69) is 31.9 Å². The van der Waals surface area contributed by atoms with Crippen molar-refractivity contribution in [1.82, 2.24) is 0 Å². The minimum atomic E-state index is -0.813. The molecule has 0 bridgehead atoms. The number of hydrogen-bond donors (Lipinski definition) is 1. The van der Waals surface area contributed by atoms with Gasteiger partial charge in [0, 0.05) is 4.47 Å². The van der Waals surface area contributed by atoms with Crippen molar-refractivity contribution in [3.63, 3.8) is 0 Å². The average Bonchev–Trinajstić information content (AvgIpc) is 2.00. The molecular formula is C10H12Br2O2. The van der Waals surface area contributed by atoms with E-state index in [9.17, 15) is 5.11 Å². The third kappa shape index (κ3) is 3.98. The Kier molecular flexibility index (Phi) is 3.98. The van der Waals surface area contributed by atoms with Crippen molar-refractivity contribution in [3.05, 3.63) is 27.1 Å². The van der Waals surface area contributed by atoms with Crippen LogP contribution in [0.5, 0.6) is 5.75 Å². The molecule has 78 valence electrons. The first kappa shape index (κ1) is 12.0. The highest BCUT2D eigenvalue weighted by Gasteiger charge is 2.14. The lowest BCUT2D eigenvalue weighted by Crippen LogP contribution is -2.27. The molecule has 0 unspecified atom stereocenters. The van der Waals surface area contributed by atoms with Gasteiger partial charge in [-0.15, -0.1) is 0 Å². The van der Waals surface area contributed by atoms with Gasteiger partial charge in [0.15, 0.2) is 0 Å². The Morgan fingerprint density at radius 1 is 1.36 bits per heavy atom. The first-order chi connectivity index (χ1) is 6.38. The summed E-state index contributed by atoms with van der Waals surface area (Å²) in [5.41, 5.74) is -0.813. The Morgan fingerprint density at radius 3 is 2.50 bits per heavy atom. The van der Waals surface area contributed by atoms with Crippen LogP contribution in [0.25, 0.3) is 0 Å². The standard InChI is InChI=1S/C10H12Br2O2/c1-10(2,13)6-14-9-4-3-7(11)5-8(9)12/h3-5,13H,6H2,1-2H3. The van der Waals surface area contributed by atoms with Crippen molar-refractivity contribution in [3.8, 4) is 5.75 Å². The molecule has 0 aliphatic heterocycles. The van der Waals surface area contributed by atoms with Crippen LogP contribution >= 0.6 is 31.9 Å². The van der Waals surface area contributed by atoms with Crippen LogP contribution in [-0.2, 0) is 0 Å². The molecule has 0 fully saturated rings. The molecule has 0 aromatic heterocycles. The van der Waals surface area contributed by atoms with Crippen LogP contribution in [0.2, 0.25) is 0 Å². The predicted octanol–water partition coefficient (Wildman–Crippen LogP) is 3.36. The van der Waals surface area contributed by atoms with Gasteiger partial charge in [0.1, 0.15) is 12.4 Å². The predicted molar refractivity (Wildman–Crippen MR) is 63.6 cm³/mol. The summed E-state index contributed by atoms with van der Waals surface area (Å²) in [4.78, 5) is 0. The largest absolute Gasteiger partial charge is 0.489 e. The SMILES string of the molecule is CC(C)(O)COc1ccc(Br)cc1Br. The van der Waals surface area contributed by atoms with Crippen LogP contribution < -0.4 is 4.74 Å². The fraction of sp³-hybridized carbons (Fsp3) is 0.400. The molecule has 0 saturated carbocycles. The van der Waals surface area contributed by atoms with Gasteiger partial charge in [0.2, 0.25) is 0 Å². The minimum Gasteiger partial charge on any atom is -0.489 e. The van der Waals surface area contributed by atoms with Crippen LogP contribution in [0, 0.1) is 0 Å². The third-order valence-corrected chi connectivity index (χ3v) is 2.59. The van der Waals surface area contributed by atoms with Gasteiger partial charge >= 0.3 is 0 Å². The molecule has 1 aromatic carbocycles. The third-order valence-electron chi connectivity index (χ3n) is 1.47. The molecule has 0 aliphatic rings. The Morgan fingerprint density at radius 2 is 2.00 bits per heavy atom. The number of hydrogen-bond acceptors (Lipinski definition) is 2. The lowest BCUT2D eigenvalue weighted by atomic mass is 10.2. The fourth-order valence-corrected chi connectivity index (χ4v) is 2.01. The highest BCUT2D eigenvalue weighted by Crippen LogP contribution is 2.28. The van der Waals surface area contributed by atoms with Gasteiger partial charge in [0.25, 0.3) is 0 Å². The maximum Gasteiger partial charge on any atom is 0.133 e. The van der Waals surface area contributed by atoms with E-state index in [0.29, 0.717) is 0 Å². The number of halogens is 2. The second-order valence-electron chi connectivity index (χ2n) is 3.68. The van der Waals surface area contributed by atoms with E-state index in [1.807, 2.05) is 18.2 Å². The summed E-state index contributed by atoms with van der Waals surface area (Å²) in [5.74, 6) is 0.732. The molecule has 0 amide bonds. The van der Waals surface area contributed by atoms with E-state index in [1.165, 1.54) is 0 Å². The highest BCUT2D eigenvalue weighted by atomic mass is 79.9. The number of ether oxygens (including phenoxy) is 1. The van der Waals surface area contributed by atoms with E-state index < -0.39 is 5.60 Å². The van der Waals surface area contributed by atoms with E-state index in [0.717, 1.165) is 14.7 Å². The Balaban J connectivity index is 2.68. The molecule has 0 radical (unpaired) electrons. The molecule has 4 heteroatoms. The number of rotatable bonds is 3. The summed E-state index contributed by atoms with van der Waals surface area (Å²) in [6, 6.07) is 5.64. The fourth-order valence-electron chi connectivity index (χ4n) is 0.847. The number of aliphatic hydroxyl groups is 1. The minimum absolute atomic E-state index is 0.271. The Hall–Kier alpha value is -0.0600. The van der Waals surface area contributed by atoms with Crippen molar-refractivity contribution in [2.24, 2.45) is 0 Å². The van der Waals surface area contributed by atoms with Crippen LogP contribution in [0.3, 0.4) is 0 Å². The smallest absolute Gasteiger partial charge is 0.133 e. The van der Waals surface area contributed by atoms with Gasteiger partial charge in [-0.1, -0.05) is 15.9 Å². The molecule has 1 aromatic rings. The summed E-state index contributed by atoms with van der Waals surface area (Å²) < 4.78 is 7.30. The maximum atomic E-state index is 9.47. The molecular weight excluding hydrogens is 312 g/mol. The van der Waals surface area contributed by atoms with Gasteiger partial charge in [-0.2, -0.15) is 0 Å². The van der Waals surface area contributed by atoms with Crippen LogP contribution in [0.15, 0.2) is 27.1 Å². The Labute approximate surface area is 101 Å². The zero-order valence-electron chi connectivity index (χ0n) is 8.05. The van der Waals surface area contributed by atoms with Gasteiger partial charge in [-0.25, -0.2) is 0 Å². The summed E-state index contributed by atoms with van der Waals surface area (Å²) >= 11 is 6.73. The second kappa shape index (κ2) is 4.64. The highest BCUT2D eigenvalue weighted by molar-refractivity contribution is 9.11. The van der Waals surface area contributed by atoms with Gasteiger partial charge < -0.3 is 9.84 Å². The lowest BCUT2D eigenvalue weighted by Gasteiger charge is -2.18. The van der Waals surface area contributed by atoms with Crippen LogP contribution in [-0.4, -0.2) is 17.3 Å². The van der Waals surface area contributed by atoms with Crippen LogP contribution in [0.1, 0.15) is 13.8 Å². The molecule has 2 nitrogen and oxygen atoms in total. The first-order valence-electron chi connectivity index (χ1n) is 4.19. The van der Waals surface area contributed by atoms with Crippen molar-refractivity contribution >= 4 is 31.9 Å². The number of benzene rings is 1. The Bertz CT molecular complexity index is 318. The average molecular weight is 324 g/mol. The van der Waals surface area contributed by atoms with Gasteiger partial charge in [0.05, 0.1) is 10.1 Å². The van der Waals surface area contributed by atoms with E-state index in [1.54, 1.807) is 13.8 Å². The molecule has 14 heavy (non-hydrogen) atoms. The molecule has 0 aliphatic carbocycles. The molecule has 0 atom stereocenters. The molecule has 1 N–H and O–H groups in total. The lowest BCUT2D eigenvalue weighted by molar-refractivity contribution is 0.0282. The van der Waals surface area contributed by atoms with E-state index in [-0.39, 0.29) is 6.61 Å². The van der Waals surface area contributed by atoms with E-state index >= 15 is 0 Å². The first-order valence-corrected chi connectivity index (χ1v) is 5.77. The maximum absolute atomic E-state index is 9.47. The van der Waals surface area contributed by atoms with Crippen molar-refractivity contribution in [2.45, 2.75) is 19.4 Å². The quantitative estimate of drug-likeness (QED) is 0.924. The van der Waals surface area contributed by atoms with E-state index in [4.69, 9.17) is 4.74 Å².